The third-order valence-electron chi connectivity index (χ3n) is 4.05. The molecular formula is C18H21N3O2. The number of nitrogens with two attached hydrogens (primary N) is 1. The summed E-state index contributed by atoms with van der Waals surface area (Å²) in [6.07, 6.45) is 0. The van der Waals surface area contributed by atoms with E-state index in [1.165, 1.54) is 0 Å². The van der Waals surface area contributed by atoms with Crippen molar-refractivity contribution < 1.29 is 9.47 Å². The van der Waals surface area contributed by atoms with E-state index >= 15 is 0 Å². The lowest BCUT2D eigenvalue weighted by atomic mass is 10.1. The average Bonchev–Trinajstić information content (AvgIpc) is 2.98. The van der Waals surface area contributed by atoms with Gasteiger partial charge in [0.15, 0.2) is 11.5 Å². The number of hydrogen-bond donors (Lipinski definition) is 1. The molecule has 5 heteroatoms. The molecule has 120 valence electrons. The van der Waals surface area contributed by atoms with Gasteiger partial charge in [0.1, 0.15) is 5.82 Å². The second-order valence-electron chi connectivity index (χ2n) is 5.30. The highest BCUT2D eigenvalue weighted by Gasteiger charge is 2.19. The zero-order chi connectivity index (χ0) is 16.4. The van der Waals surface area contributed by atoms with Gasteiger partial charge in [0.2, 0.25) is 0 Å². The highest BCUT2D eigenvalue weighted by Crippen LogP contribution is 2.32. The summed E-state index contributed by atoms with van der Waals surface area (Å²) in [6.45, 7) is 2.91. The Morgan fingerprint density at radius 2 is 1.83 bits per heavy atom. The average molecular weight is 311 g/mol. The fourth-order valence-corrected chi connectivity index (χ4v) is 2.86. The summed E-state index contributed by atoms with van der Waals surface area (Å²) in [6, 6.07) is 13.5. The molecule has 2 aromatic carbocycles. The Bertz CT molecular complexity index is 826. The van der Waals surface area contributed by atoms with Crippen LogP contribution >= 0.6 is 0 Å². The second kappa shape index (κ2) is 6.30. The Hall–Kier alpha value is -2.53. The van der Waals surface area contributed by atoms with E-state index < -0.39 is 0 Å². The van der Waals surface area contributed by atoms with E-state index in [0.29, 0.717) is 11.5 Å². The Labute approximate surface area is 135 Å². The minimum atomic E-state index is -0.331. The van der Waals surface area contributed by atoms with Crippen molar-refractivity contribution in [3.05, 3.63) is 53.9 Å². The molecule has 0 amide bonds. The summed E-state index contributed by atoms with van der Waals surface area (Å²) >= 11 is 0. The van der Waals surface area contributed by atoms with Gasteiger partial charge in [0.25, 0.3) is 0 Å². The summed E-state index contributed by atoms with van der Waals surface area (Å²) < 4.78 is 12.8. The van der Waals surface area contributed by atoms with Crippen LogP contribution in [0.1, 0.15) is 24.4 Å². The number of aryl methyl sites for hydroxylation is 1. The summed E-state index contributed by atoms with van der Waals surface area (Å²) in [5.41, 5.74) is 9.49. The van der Waals surface area contributed by atoms with Crippen molar-refractivity contribution in [3.63, 3.8) is 0 Å². The minimum absolute atomic E-state index is 0.331. The zero-order valence-corrected chi connectivity index (χ0v) is 13.6. The van der Waals surface area contributed by atoms with E-state index in [1.54, 1.807) is 14.2 Å². The molecule has 3 aromatic rings. The fourth-order valence-electron chi connectivity index (χ4n) is 2.86. The molecule has 0 saturated heterocycles. The van der Waals surface area contributed by atoms with Crippen LogP contribution in [-0.2, 0) is 6.54 Å². The first-order chi connectivity index (χ1) is 11.2. The number of aromatic nitrogens is 2. The third kappa shape index (κ3) is 2.64. The summed E-state index contributed by atoms with van der Waals surface area (Å²) in [5.74, 6) is 2.20. The number of para-hydroxylation sites is 2. The van der Waals surface area contributed by atoms with Crippen molar-refractivity contribution in [2.24, 2.45) is 5.73 Å². The standard InChI is InChI=1S/C18H21N3O2/c1-4-21-14-8-6-5-7-13(14)20-18(21)17(19)12-9-10-15(22-2)16(11-12)23-3/h5-11,17H,4,19H2,1-3H3. The second-order valence-corrected chi connectivity index (χ2v) is 5.30. The molecule has 0 bridgehead atoms. The van der Waals surface area contributed by atoms with E-state index in [1.807, 2.05) is 36.4 Å². The maximum atomic E-state index is 6.49. The molecule has 0 aliphatic carbocycles. The van der Waals surface area contributed by atoms with E-state index in [9.17, 15) is 0 Å². The van der Waals surface area contributed by atoms with E-state index in [-0.39, 0.29) is 6.04 Å². The zero-order valence-electron chi connectivity index (χ0n) is 13.6. The molecule has 1 heterocycles. The number of nitrogens with zero attached hydrogens (tertiary/aromatic N) is 2. The number of benzene rings is 2. The van der Waals surface area contributed by atoms with Crippen LogP contribution in [0.3, 0.4) is 0 Å². The molecule has 0 saturated carbocycles. The SMILES string of the molecule is CCn1c(C(N)c2ccc(OC)c(OC)c2)nc2ccccc21. The minimum Gasteiger partial charge on any atom is -0.493 e. The molecule has 0 aliphatic heterocycles. The predicted octanol–water partition coefficient (Wildman–Crippen LogP) is 3.12. The van der Waals surface area contributed by atoms with Gasteiger partial charge >= 0.3 is 0 Å². The molecule has 3 rings (SSSR count). The van der Waals surface area contributed by atoms with Crippen LogP contribution in [0, 0.1) is 0 Å². The smallest absolute Gasteiger partial charge is 0.161 e. The van der Waals surface area contributed by atoms with Crippen molar-refractivity contribution in [2.75, 3.05) is 14.2 Å². The Balaban J connectivity index is 2.08. The Morgan fingerprint density at radius 1 is 1.09 bits per heavy atom. The van der Waals surface area contributed by atoms with Crippen LogP contribution < -0.4 is 15.2 Å². The summed E-state index contributed by atoms with van der Waals surface area (Å²) in [5, 5.41) is 0. The highest BCUT2D eigenvalue weighted by molar-refractivity contribution is 5.76. The molecule has 5 nitrogen and oxygen atoms in total. The fraction of sp³-hybridized carbons (Fsp3) is 0.278. The lowest BCUT2D eigenvalue weighted by molar-refractivity contribution is 0.354. The maximum Gasteiger partial charge on any atom is 0.161 e. The first-order valence-electron chi connectivity index (χ1n) is 7.62. The van der Waals surface area contributed by atoms with Crippen LogP contribution in [0.15, 0.2) is 42.5 Å². The molecule has 1 unspecified atom stereocenters. The van der Waals surface area contributed by atoms with Crippen LogP contribution in [-0.4, -0.2) is 23.8 Å². The van der Waals surface area contributed by atoms with Crippen molar-refractivity contribution in [1.29, 1.82) is 0 Å². The van der Waals surface area contributed by atoms with Gasteiger partial charge in [-0.15, -0.1) is 0 Å². The normalized spacial score (nSPS) is 12.3. The maximum absolute atomic E-state index is 6.49. The van der Waals surface area contributed by atoms with E-state index in [2.05, 4.69) is 17.6 Å². The number of hydrogen-bond acceptors (Lipinski definition) is 4. The van der Waals surface area contributed by atoms with Crippen LogP contribution in [0.5, 0.6) is 11.5 Å². The Kier molecular flexibility index (Phi) is 4.21. The summed E-state index contributed by atoms with van der Waals surface area (Å²) in [4.78, 5) is 4.72. The quantitative estimate of drug-likeness (QED) is 0.786. The van der Waals surface area contributed by atoms with Gasteiger partial charge < -0.3 is 19.8 Å². The largest absolute Gasteiger partial charge is 0.493 e. The van der Waals surface area contributed by atoms with Gasteiger partial charge in [0.05, 0.1) is 31.3 Å². The highest BCUT2D eigenvalue weighted by atomic mass is 16.5. The first kappa shape index (κ1) is 15.4. The molecule has 1 atom stereocenters. The van der Waals surface area contributed by atoms with Crippen LogP contribution in [0.2, 0.25) is 0 Å². The van der Waals surface area contributed by atoms with Gasteiger partial charge in [-0.2, -0.15) is 0 Å². The predicted molar refractivity (Wildman–Crippen MR) is 91.0 cm³/mol. The molecule has 0 radical (unpaired) electrons. The van der Waals surface area contributed by atoms with Crippen molar-refractivity contribution >= 4 is 11.0 Å². The number of ether oxygens (including phenoxy) is 2. The van der Waals surface area contributed by atoms with Gasteiger partial charge in [0, 0.05) is 6.54 Å². The molecule has 0 fully saturated rings. The van der Waals surface area contributed by atoms with E-state index in [0.717, 1.165) is 29.0 Å². The van der Waals surface area contributed by atoms with Crippen molar-refractivity contribution in [2.45, 2.75) is 19.5 Å². The van der Waals surface area contributed by atoms with Gasteiger partial charge in [-0.25, -0.2) is 4.98 Å². The van der Waals surface area contributed by atoms with Crippen LogP contribution in [0.25, 0.3) is 11.0 Å². The topological polar surface area (TPSA) is 62.3 Å². The van der Waals surface area contributed by atoms with Crippen LogP contribution in [0.4, 0.5) is 0 Å². The molecule has 0 spiro atoms. The van der Waals surface area contributed by atoms with Crippen molar-refractivity contribution in [1.82, 2.24) is 9.55 Å². The molecule has 0 aliphatic rings. The molecule has 1 aromatic heterocycles. The monoisotopic (exact) mass is 311 g/mol. The van der Waals surface area contributed by atoms with Crippen molar-refractivity contribution in [3.8, 4) is 11.5 Å². The molecular weight excluding hydrogens is 290 g/mol. The first-order valence-corrected chi connectivity index (χ1v) is 7.62. The third-order valence-corrected chi connectivity index (χ3v) is 4.05. The number of methoxy groups -OCH3 is 2. The number of rotatable bonds is 5. The van der Waals surface area contributed by atoms with Gasteiger partial charge in [-0.3, -0.25) is 0 Å². The molecule has 23 heavy (non-hydrogen) atoms. The molecule has 2 N–H and O–H groups in total. The van der Waals surface area contributed by atoms with Gasteiger partial charge in [-0.1, -0.05) is 18.2 Å². The number of fused-ring (bicyclic) bond motifs is 1. The number of imidazole rings is 1. The lowest BCUT2D eigenvalue weighted by Crippen LogP contribution is -2.17. The van der Waals surface area contributed by atoms with E-state index in [4.69, 9.17) is 20.2 Å². The summed E-state index contributed by atoms with van der Waals surface area (Å²) in [7, 11) is 3.24. The Morgan fingerprint density at radius 3 is 2.52 bits per heavy atom. The lowest BCUT2D eigenvalue weighted by Gasteiger charge is -2.16. The van der Waals surface area contributed by atoms with Gasteiger partial charge in [-0.05, 0) is 36.8 Å².